The lowest BCUT2D eigenvalue weighted by Crippen LogP contribution is -2.30. The monoisotopic (exact) mass is 669 g/mol. The van der Waals surface area contributed by atoms with Gasteiger partial charge in [0.05, 0.1) is 10.7 Å². The van der Waals surface area contributed by atoms with Gasteiger partial charge in [-0.1, -0.05) is 83.9 Å². The van der Waals surface area contributed by atoms with Crippen molar-refractivity contribution in [3.05, 3.63) is 166 Å². The molecule has 3 amide bonds. The van der Waals surface area contributed by atoms with Crippen LogP contribution in [-0.2, 0) is 9.59 Å². The normalized spacial score (nSPS) is 11.8. The summed E-state index contributed by atoms with van der Waals surface area (Å²) in [6.45, 7) is 0. The van der Waals surface area contributed by atoms with E-state index in [-0.39, 0.29) is 11.6 Å². The molecule has 5 rings (SSSR count). The molecule has 10 heteroatoms. The van der Waals surface area contributed by atoms with Crippen LogP contribution in [0.15, 0.2) is 138 Å². The average molecular weight is 671 g/mol. The molecule has 0 aliphatic rings. The van der Waals surface area contributed by atoms with Crippen molar-refractivity contribution in [2.24, 2.45) is 0 Å². The van der Waals surface area contributed by atoms with Crippen LogP contribution in [0.25, 0.3) is 6.08 Å². The van der Waals surface area contributed by atoms with Crippen LogP contribution in [0.3, 0.4) is 0 Å². The van der Waals surface area contributed by atoms with E-state index in [4.69, 9.17) is 23.2 Å². The second-order valence-corrected chi connectivity index (χ2v) is 12.0. The van der Waals surface area contributed by atoms with Gasteiger partial charge >= 0.3 is 0 Å². The van der Waals surface area contributed by atoms with E-state index in [1.807, 2.05) is 30.3 Å². The number of anilines is 2. The number of hydrogen-bond acceptors (Lipinski definition) is 4. The minimum absolute atomic E-state index is 0.0283. The number of halogens is 3. The van der Waals surface area contributed by atoms with Gasteiger partial charge in [-0.05, 0) is 83.9 Å². The molecule has 46 heavy (non-hydrogen) atoms. The van der Waals surface area contributed by atoms with E-state index < -0.39 is 22.9 Å². The molecule has 230 valence electrons. The first-order valence-corrected chi connectivity index (χ1v) is 15.6. The van der Waals surface area contributed by atoms with Gasteiger partial charge in [0.25, 0.3) is 11.8 Å². The molecule has 5 aromatic rings. The van der Waals surface area contributed by atoms with E-state index in [0.29, 0.717) is 32.5 Å². The van der Waals surface area contributed by atoms with Crippen LogP contribution in [0.5, 0.6) is 0 Å². The Morgan fingerprint density at radius 2 is 1.39 bits per heavy atom. The maximum absolute atomic E-state index is 13.5. The largest absolute Gasteiger partial charge is 0.323 e. The highest BCUT2D eigenvalue weighted by Gasteiger charge is 2.23. The number of benzene rings is 5. The lowest BCUT2D eigenvalue weighted by molar-refractivity contribution is -0.116. The van der Waals surface area contributed by atoms with E-state index in [1.54, 1.807) is 72.8 Å². The van der Waals surface area contributed by atoms with Gasteiger partial charge in [-0.2, -0.15) is 0 Å². The average Bonchev–Trinajstić information content (AvgIpc) is 3.07. The van der Waals surface area contributed by atoms with Crippen LogP contribution in [0, 0.1) is 5.82 Å². The lowest BCUT2D eigenvalue weighted by atomic mass is 10.1. The molecule has 0 radical (unpaired) electrons. The Morgan fingerprint density at radius 3 is 2.07 bits per heavy atom. The Bertz CT molecular complexity index is 1870. The second kappa shape index (κ2) is 15.4. The highest BCUT2D eigenvalue weighted by molar-refractivity contribution is 8.00. The third-order valence-electron chi connectivity index (χ3n) is 6.60. The number of thioether (sulfide) groups is 1. The number of amides is 3. The third kappa shape index (κ3) is 8.85. The molecule has 0 heterocycles. The summed E-state index contributed by atoms with van der Waals surface area (Å²) >= 11 is 13.7. The quantitative estimate of drug-likeness (QED) is 0.102. The van der Waals surface area contributed by atoms with Crippen LogP contribution in [0.1, 0.15) is 26.7 Å². The van der Waals surface area contributed by atoms with Crippen molar-refractivity contribution in [1.82, 2.24) is 5.32 Å². The van der Waals surface area contributed by atoms with Gasteiger partial charge in [-0.15, -0.1) is 11.8 Å². The number of hydrogen-bond donors (Lipinski definition) is 3. The van der Waals surface area contributed by atoms with E-state index in [9.17, 15) is 18.8 Å². The number of carbonyl (C=O) groups is 3. The molecular formula is C36H26Cl2FN3O3S. The van der Waals surface area contributed by atoms with Gasteiger partial charge in [-0.25, -0.2) is 4.39 Å². The Balaban J connectivity index is 1.33. The van der Waals surface area contributed by atoms with Crippen LogP contribution in [-0.4, -0.2) is 17.7 Å². The summed E-state index contributed by atoms with van der Waals surface area (Å²) in [7, 11) is 0. The molecule has 3 N–H and O–H groups in total. The van der Waals surface area contributed by atoms with Crippen LogP contribution < -0.4 is 16.0 Å². The van der Waals surface area contributed by atoms with Gasteiger partial charge in [0.2, 0.25) is 5.91 Å². The highest BCUT2D eigenvalue weighted by Crippen LogP contribution is 2.37. The van der Waals surface area contributed by atoms with Crippen molar-refractivity contribution in [2.45, 2.75) is 10.1 Å². The van der Waals surface area contributed by atoms with Crippen molar-refractivity contribution in [3.8, 4) is 0 Å². The first-order valence-electron chi connectivity index (χ1n) is 14.0. The maximum atomic E-state index is 13.5. The van der Waals surface area contributed by atoms with Crippen molar-refractivity contribution >= 4 is 70.1 Å². The molecule has 6 nitrogen and oxygen atoms in total. The zero-order chi connectivity index (χ0) is 32.5. The second-order valence-electron chi connectivity index (χ2n) is 9.93. The third-order valence-corrected chi connectivity index (χ3v) is 8.43. The predicted molar refractivity (Wildman–Crippen MR) is 183 cm³/mol. The number of rotatable bonds is 10. The Hall–Kier alpha value is -4.89. The number of nitrogens with one attached hydrogen (secondary N) is 3. The number of carbonyl (C=O) groups excluding carboxylic acids is 3. The summed E-state index contributed by atoms with van der Waals surface area (Å²) in [6.07, 6.45) is 1.47. The fourth-order valence-electron chi connectivity index (χ4n) is 4.31. The van der Waals surface area contributed by atoms with Crippen molar-refractivity contribution < 1.29 is 18.8 Å². The molecule has 0 saturated heterocycles. The zero-order valence-corrected chi connectivity index (χ0v) is 26.4. The summed E-state index contributed by atoms with van der Waals surface area (Å²) in [5.41, 5.74) is 2.51. The van der Waals surface area contributed by atoms with Gasteiger partial charge in [-0.3, -0.25) is 14.4 Å². The van der Waals surface area contributed by atoms with E-state index in [0.717, 1.165) is 10.5 Å². The smallest absolute Gasteiger partial charge is 0.272 e. The summed E-state index contributed by atoms with van der Waals surface area (Å²) in [5, 5.41) is 8.51. The Labute approximate surface area is 279 Å². The molecule has 0 saturated carbocycles. The molecule has 5 aromatic carbocycles. The van der Waals surface area contributed by atoms with Gasteiger partial charge < -0.3 is 16.0 Å². The SMILES string of the molecule is O=C(Nc1ccc(SC(C(=O)Nc2cc(Cl)ccc2Cl)c2ccccc2)cc1)/C(=C/c1ccc(F)cc1)NC(=O)c1ccccc1. The highest BCUT2D eigenvalue weighted by atomic mass is 35.5. The molecule has 0 spiro atoms. The Morgan fingerprint density at radius 1 is 0.739 bits per heavy atom. The Kier molecular flexibility index (Phi) is 10.9. The van der Waals surface area contributed by atoms with Crippen molar-refractivity contribution in [2.75, 3.05) is 10.6 Å². The maximum Gasteiger partial charge on any atom is 0.272 e. The molecular weight excluding hydrogens is 644 g/mol. The van der Waals surface area contributed by atoms with Gasteiger partial charge in [0.1, 0.15) is 16.8 Å². The van der Waals surface area contributed by atoms with E-state index in [2.05, 4.69) is 16.0 Å². The minimum atomic E-state index is -0.630. The lowest BCUT2D eigenvalue weighted by Gasteiger charge is -2.18. The fraction of sp³-hybridized carbons (Fsp3) is 0.0278. The zero-order valence-electron chi connectivity index (χ0n) is 24.0. The topological polar surface area (TPSA) is 87.3 Å². The van der Waals surface area contributed by atoms with Crippen LogP contribution in [0.2, 0.25) is 10.0 Å². The molecule has 0 bridgehead atoms. The van der Waals surface area contributed by atoms with Crippen molar-refractivity contribution in [3.63, 3.8) is 0 Å². The van der Waals surface area contributed by atoms with Crippen LogP contribution >= 0.6 is 35.0 Å². The van der Waals surface area contributed by atoms with Gasteiger partial charge in [0.15, 0.2) is 0 Å². The van der Waals surface area contributed by atoms with E-state index in [1.165, 1.54) is 42.1 Å². The molecule has 0 fully saturated rings. The van der Waals surface area contributed by atoms with Crippen molar-refractivity contribution in [1.29, 1.82) is 0 Å². The fourth-order valence-corrected chi connectivity index (χ4v) is 5.67. The summed E-state index contributed by atoms with van der Waals surface area (Å²) in [6, 6.07) is 35.1. The van der Waals surface area contributed by atoms with E-state index >= 15 is 0 Å². The molecule has 0 aliphatic heterocycles. The summed E-state index contributed by atoms with van der Waals surface area (Å²) in [5.74, 6) is -1.76. The molecule has 1 atom stereocenters. The molecule has 0 aliphatic carbocycles. The molecule has 1 unspecified atom stereocenters. The summed E-state index contributed by atoms with van der Waals surface area (Å²) < 4.78 is 13.5. The first-order chi connectivity index (χ1) is 22.2. The molecule has 0 aromatic heterocycles. The van der Waals surface area contributed by atoms with Gasteiger partial charge in [0, 0.05) is 21.2 Å². The minimum Gasteiger partial charge on any atom is -0.323 e. The standard InChI is InChI=1S/C36H26Cl2FN3O3S/c37-26-13-20-30(38)31(22-26)41-36(45)33(24-7-3-1-4-8-24)46-29-18-16-28(17-19-29)40-35(44)32(21-23-11-14-27(39)15-12-23)42-34(43)25-9-5-2-6-10-25/h1-22,33H,(H,40,44)(H,41,45)(H,42,43)/b32-21-. The summed E-state index contributed by atoms with van der Waals surface area (Å²) in [4.78, 5) is 40.5. The van der Waals surface area contributed by atoms with Crippen LogP contribution in [0.4, 0.5) is 15.8 Å². The first kappa shape index (κ1) is 32.5. The predicted octanol–water partition coefficient (Wildman–Crippen LogP) is 9.01.